The Labute approximate surface area is 524 Å². The second-order valence-electron chi connectivity index (χ2n) is 25.4. The molecule has 1 amide bonds. The molecule has 0 aliphatic carbocycles. The van der Waals surface area contributed by atoms with Gasteiger partial charge in [-0.15, -0.1) is 0 Å². The smallest absolute Gasteiger partial charge is 0.220 e. The summed E-state index contributed by atoms with van der Waals surface area (Å²) in [7, 11) is 0. The van der Waals surface area contributed by atoms with Gasteiger partial charge >= 0.3 is 0 Å². The lowest BCUT2D eigenvalue weighted by atomic mass is 9.97. The summed E-state index contributed by atoms with van der Waals surface area (Å²) in [6.45, 7) is 2.81. The zero-order valence-electron chi connectivity index (χ0n) is 54.8. The third-order valence-corrected chi connectivity index (χ3v) is 17.5. The molecule has 0 bridgehead atoms. The predicted octanol–water partition coefficient (Wildman–Crippen LogP) is 14.7. The summed E-state index contributed by atoms with van der Waals surface area (Å²) < 4.78 is 22.9. The van der Waals surface area contributed by atoms with Gasteiger partial charge in [0.05, 0.1) is 32.0 Å². The lowest BCUT2D eigenvalue weighted by molar-refractivity contribution is -0.359. The predicted molar refractivity (Wildman–Crippen MR) is 351 cm³/mol. The number of hydrogen-bond donors (Lipinski definition) is 9. The number of unbranched alkanes of at least 4 members (excludes halogenated alkanes) is 40. The van der Waals surface area contributed by atoms with Crippen LogP contribution < -0.4 is 5.32 Å². The normalized spacial score (nSPS) is 23.7. The molecule has 0 aromatic heterocycles. The van der Waals surface area contributed by atoms with Crippen molar-refractivity contribution in [1.29, 1.82) is 0 Å². The second-order valence-corrected chi connectivity index (χ2v) is 25.4. The van der Waals surface area contributed by atoms with Crippen molar-refractivity contribution in [3.05, 3.63) is 48.6 Å². The molecule has 12 atom stereocenters. The Bertz CT molecular complexity index is 1630. The van der Waals surface area contributed by atoms with Crippen molar-refractivity contribution in [2.45, 2.75) is 383 Å². The Morgan fingerprint density at radius 2 is 0.779 bits per heavy atom. The van der Waals surface area contributed by atoms with E-state index in [0.29, 0.717) is 12.8 Å². The van der Waals surface area contributed by atoms with Crippen molar-refractivity contribution in [2.75, 3.05) is 19.8 Å². The largest absolute Gasteiger partial charge is 0.394 e. The summed E-state index contributed by atoms with van der Waals surface area (Å²) in [5.41, 5.74) is 0. The van der Waals surface area contributed by atoms with Crippen LogP contribution in [-0.2, 0) is 23.7 Å². The zero-order chi connectivity index (χ0) is 62.3. The highest BCUT2D eigenvalue weighted by molar-refractivity contribution is 5.76. The van der Waals surface area contributed by atoms with E-state index < -0.39 is 86.8 Å². The van der Waals surface area contributed by atoms with Gasteiger partial charge in [0.2, 0.25) is 5.91 Å². The van der Waals surface area contributed by atoms with E-state index in [1.165, 1.54) is 238 Å². The van der Waals surface area contributed by atoms with Crippen LogP contribution in [0.5, 0.6) is 0 Å². The molecule has 14 heteroatoms. The summed E-state index contributed by atoms with van der Waals surface area (Å²) >= 11 is 0. The van der Waals surface area contributed by atoms with Crippen molar-refractivity contribution in [3.63, 3.8) is 0 Å². The van der Waals surface area contributed by atoms with Gasteiger partial charge in [-0.2, -0.15) is 0 Å². The van der Waals surface area contributed by atoms with E-state index in [1.54, 1.807) is 6.08 Å². The van der Waals surface area contributed by atoms with Gasteiger partial charge in [-0.3, -0.25) is 4.79 Å². The molecule has 86 heavy (non-hydrogen) atoms. The average molecular weight is 1220 g/mol. The summed E-state index contributed by atoms with van der Waals surface area (Å²) in [6.07, 6.45) is 57.4. The average Bonchev–Trinajstić information content (AvgIpc) is 2.53. The minimum absolute atomic E-state index is 0.245. The topological polar surface area (TPSA) is 228 Å². The maximum absolute atomic E-state index is 13.3. The van der Waals surface area contributed by atoms with Crippen LogP contribution in [0.2, 0.25) is 0 Å². The lowest BCUT2D eigenvalue weighted by Gasteiger charge is -2.46. The quantitative estimate of drug-likeness (QED) is 0.0204. The molecule has 0 spiro atoms. The van der Waals surface area contributed by atoms with Gasteiger partial charge in [0, 0.05) is 6.42 Å². The van der Waals surface area contributed by atoms with Crippen LogP contribution in [0.25, 0.3) is 0 Å². The maximum Gasteiger partial charge on any atom is 0.220 e. The van der Waals surface area contributed by atoms with E-state index in [2.05, 4.69) is 55.6 Å². The standard InChI is InChI=1S/C72H133NO13/c1-3-5-7-9-11-13-15-17-19-21-23-25-27-28-29-30-31-32-34-36-38-40-42-44-46-48-50-52-54-56-64(77)73-60(59-83-71-69(82)67(80)70(63(58-75)85-71)86-72-68(81)66(79)65(78)62(57-74)84-72)61(76)55-53-51-49-47-45-43-41-39-37-35-33-26-24-22-20-18-16-14-12-10-8-6-4-2/h15,17,21,23,45,47,53,55,60-63,65-72,74-76,78-82H,3-14,16,18-20,22,24-44,46,48-52,54,56-59H2,1-2H3,(H,73,77)/b17-15-,23-21-,47-45+,55-53+. The van der Waals surface area contributed by atoms with Crippen LogP contribution >= 0.6 is 0 Å². The molecule has 0 saturated carbocycles. The molecule has 2 fully saturated rings. The van der Waals surface area contributed by atoms with Crippen molar-refractivity contribution >= 4 is 5.91 Å². The summed E-state index contributed by atoms with van der Waals surface area (Å²) in [4.78, 5) is 13.3. The summed E-state index contributed by atoms with van der Waals surface area (Å²) in [6, 6.07) is -0.933. The molecule has 0 radical (unpaired) electrons. The highest BCUT2D eigenvalue weighted by atomic mass is 16.7. The second kappa shape index (κ2) is 56.9. The van der Waals surface area contributed by atoms with E-state index in [-0.39, 0.29) is 18.9 Å². The van der Waals surface area contributed by atoms with Crippen molar-refractivity contribution in [2.24, 2.45) is 0 Å². The van der Waals surface area contributed by atoms with E-state index in [4.69, 9.17) is 18.9 Å². The number of nitrogens with one attached hydrogen (secondary N) is 1. The fourth-order valence-electron chi connectivity index (χ4n) is 11.8. The number of carbonyl (C=O) groups is 1. The third kappa shape index (κ3) is 40.6. The minimum Gasteiger partial charge on any atom is -0.394 e. The van der Waals surface area contributed by atoms with E-state index >= 15 is 0 Å². The summed E-state index contributed by atoms with van der Waals surface area (Å²) in [5.74, 6) is -0.245. The number of ether oxygens (including phenoxy) is 4. The Morgan fingerprint density at radius 1 is 0.419 bits per heavy atom. The van der Waals surface area contributed by atoms with Gasteiger partial charge in [0.1, 0.15) is 48.8 Å². The number of amides is 1. The number of allylic oxidation sites excluding steroid dienone is 7. The molecule has 2 saturated heterocycles. The van der Waals surface area contributed by atoms with Crippen LogP contribution in [0, 0.1) is 0 Å². The van der Waals surface area contributed by atoms with E-state index in [9.17, 15) is 45.6 Å². The molecular weight excluding hydrogens is 1090 g/mol. The first-order valence-electron chi connectivity index (χ1n) is 35.9. The Morgan fingerprint density at radius 3 is 1.21 bits per heavy atom. The zero-order valence-corrected chi connectivity index (χ0v) is 54.8. The first kappa shape index (κ1) is 80.0. The first-order valence-corrected chi connectivity index (χ1v) is 35.9. The van der Waals surface area contributed by atoms with Gasteiger partial charge in [0.25, 0.3) is 0 Å². The number of carbonyl (C=O) groups excluding carboxylic acids is 1. The molecule has 14 nitrogen and oxygen atoms in total. The van der Waals surface area contributed by atoms with Crippen molar-refractivity contribution in [1.82, 2.24) is 5.32 Å². The third-order valence-electron chi connectivity index (χ3n) is 17.5. The van der Waals surface area contributed by atoms with Gasteiger partial charge in [-0.05, 0) is 64.2 Å². The van der Waals surface area contributed by atoms with Crippen LogP contribution in [0.15, 0.2) is 48.6 Å². The lowest BCUT2D eigenvalue weighted by Crippen LogP contribution is -2.65. The molecule has 0 aromatic carbocycles. The SMILES string of the molecule is CCCCCCC/C=C\C/C=C\CCCCCCCCCCCCCCCCCCCC(=O)NC(COC1OC(CO)C(OC2OC(CO)C(O)C(O)C2O)C(O)C1O)C(O)/C=C/CC/C=C/CCCCCCCCCCCCCCCCCCC. The Hall–Kier alpha value is -2.05. The molecule has 2 aliphatic rings. The molecule has 0 aromatic rings. The Kier molecular flexibility index (Phi) is 53.0. The van der Waals surface area contributed by atoms with Crippen LogP contribution in [0.4, 0.5) is 0 Å². The van der Waals surface area contributed by atoms with Crippen LogP contribution in [-0.4, -0.2) is 140 Å². The fourth-order valence-corrected chi connectivity index (χ4v) is 11.8. The molecule has 2 aliphatic heterocycles. The van der Waals surface area contributed by atoms with Crippen molar-refractivity contribution in [3.8, 4) is 0 Å². The van der Waals surface area contributed by atoms with E-state index in [0.717, 1.165) is 38.5 Å². The Balaban J connectivity index is 1.68. The van der Waals surface area contributed by atoms with Gasteiger partial charge in [0.15, 0.2) is 12.6 Å². The fraction of sp³-hybridized carbons (Fsp3) is 0.875. The molecule has 9 N–H and O–H groups in total. The summed E-state index contributed by atoms with van der Waals surface area (Å²) in [5, 5.41) is 87.4. The van der Waals surface area contributed by atoms with Gasteiger partial charge < -0.3 is 65.1 Å². The highest BCUT2D eigenvalue weighted by Crippen LogP contribution is 2.30. The number of aliphatic hydroxyl groups is 8. The molecule has 12 unspecified atom stereocenters. The molecule has 504 valence electrons. The van der Waals surface area contributed by atoms with Gasteiger partial charge in [-0.1, -0.05) is 287 Å². The van der Waals surface area contributed by atoms with Gasteiger partial charge in [-0.25, -0.2) is 0 Å². The minimum atomic E-state index is -1.79. The number of rotatable bonds is 59. The maximum atomic E-state index is 13.3. The van der Waals surface area contributed by atoms with E-state index in [1.807, 2.05) is 6.08 Å². The number of hydrogen-bond acceptors (Lipinski definition) is 13. The van der Waals surface area contributed by atoms with Crippen molar-refractivity contribution < 1.29 is 64.6 Å². The molecule has 2 heterocycles. The molecular formula is C72H133NO13. The highest BCUT2D eigenvalue weighted by Gasteiger charge is 2.51. The van der Waals surface area contributed by atoms with Crippen LogP contribution in [0.1, 0.15) is 309 Å². The first-order chi connectivity index (χ1) is 42.1. The van der Waals surface area contributed by atoms with Crippen LogP contribution in [0.3, 0.4) is 0 Å². The molecule has 2 rings (SSSR count). The monoisotopic (exact) mass is 1220 g/mol. The number of aliphatic hydroxyl groups excluding tert-OH is 8.